The van der Waals surface area contributed by atoms with Crippen LogP contribution in [-0.2, 0) is 26.0 Å². The minimum Gasteiger partial charge on any atom is -0.493 e. The van der Waals surface area contributed by atoms with Crippen LogP contribution in [0.25, 0.3) is 0 Å². The fourth-order valence-electron chi connectivity index (χ4n) is 5.15. The van der Waals surface area contributed by atoms with E-state index in [2.05, 4.69) is 42.0 Å². The second-order valence-corrected chi connectivity index (χ2v) is 14.3. The van der Waals surface area contributed by atoms with Gasteiger partial charge < -0.3 is 19.2 Å². The number of ether oxygens (including phenoxy) is 2. The van der Waals surface area contributed by atoms with Gasteiger partial charge in [0.05, 0.1) is 25.5 Å². The van der Waals surface area contributed by atoms with Crippen LogP contribution in [0.5, 0.6) is 11.5 Å². The van der Waals surface area contributed by atoms with Gasteiger partial charge >= 0.3 is 0 Å². The molecule has 10 heteroatoms. The first kappa shape index (κ1) is 31.6. The second-order valence-electron chi connectivity index (χ2n) is 11.6. The molecule has 0 unspecified atom stereocenters. The first-order valence-corrected chi connectivity index (χ1v) is 16.3. The van der Waals surface area contributed by atoms with Crippen molar-refractivity contribution in [3.63, 3.8) is 0 Å². The van der Waals surface area contributed by atoms with Crippen molar-refractivity contribution in [2.24, 2.45) is 16.3 Å². The summed E-state index contributed by atoms with van der Waals surface area (Å²) in [6.45, 7) is 7.42. The number of nitrogens with one attached hydrogen (secondary N) is 1. The highest BCUT2D eigenvalue weighted by atomic mass is 79.9. The number of amides is 1. The van der Waals surface area contributed by atoms with Crippen LogP contribution < -0.4 is 14.8 Å². The number of fused-ring (bicyclic) bond motifs is 1. The summed E-state index contributed by atoms with van der Waals surface area (Å²) in [5.74, 6) is 2.20. The summed E-state index contributed by atoms with van der Waals surface area (Å²) < 4.78 is 17.9. The lowest BCUT2D eigenvalue weighted by Gasteiger charge is -2.33. The van der Waals surface area contributed by atoms with Gasteiger partial charge in [0, 0.05) is 36.7 Å². The Morgan fingerprint density at radius 1 is 1.21 bits per heavy atom. The number of benzene rings is 2. The van der Waals surface area contributed by atoms with Gasteiger partial charge in [-0.05, 0) is 88.5 Å². The number of methoxy groups -OCH3 is 1. The van der Waals surface area contributed by atoms with Crippen LogP contribution in [0.1, 0.15) is 64.9 Å². The lowest BCUT2D eigenvalue weighted by molar-refractivity contribution is 0.0947. The number of furan rings is 1. The van der Waals surface area contributed by atoms with Gasteiger partial charge in [0.2, 0.25) is 0 Å². The Bertz CT molecular complexity index is 1640. The fraction of sp³-hybridized carbons (Fsp3) is 0.333. The molecular formula is C33H33BrCl2N2O4S. The molecule has 2 aromatic carbocycles. The number of carbonyl (C=O) groups is 1. The summed E-state index contributed by atoms with van der Waals surface area (Å²) in [6.07, 6.45) is 6.20. The van der Waals surface area contributed by atoms with Crippen molar-refractivity contribution >= 4 is 67.6 Å². The zero-order valence-corrected chi connectivity index (χ0v) is 28.3. The molecule has 2 heterocycles. The fourth-order valence-corrected chi connectivity index (χ4v) is 7.31. The normalized spacial score (nSPS) is 15.0. The van der Waals surface area contributed by atoms with E-state index in [0.29, 0.717) is 50.3 Å². The third-order valence-electron chi connectivity index (χ3n) is 7.70. The maximum atomic E-state index is 13.5. The van der Waals surface area contributed by atoms with Gasteiger partial charge in [-0.2, -0.15) is 0 Å². The van der Waals surface area contributed by atoms with Crippen LogP contribution in [0.15, 0.2) is 62.6 Å². The third-order valence-corrected chi connectivity index (χ3v) is 10.1. The molecule has 1 aliphatic carbocycles. The number of hydrogen-bond donors (Lipinski definition) is 1. The van der Waals surface area contributed by atoms with Crippen molar-refractivity contribution in [2.45, 2.75) is 53.2 Å². The van der Waals surface area contributed by atoms with Crippen LogP contribution in [0.4, 0.5) is 5.00 Å². The van der Waals surface area contributed by atoms with Gasteiger partial charge in [0.25, 0.3) is 5.91 Å². The van der Waals surface area contributed by atoms with Gasteiger partial charge in [0.15, 0.2) is 11.5 Å². The molecule has 0 saturated carbocycles. The van der Waals surface area contributed by atoms with E-state index in [4.69, 9.17) is 42.1 Å². The summed E-state index contributed by atoms with van der Waals surface area (Å²) in [4.78, 5) is 19.7. The summed E-state index contributed by atoms with van der Waals surface area (Å²) in [5.41, 5.74) is 3.54. The van der Waals surface area contributed by atoms with Crippen molar-refractivity contribution < 1.29 is 18.7 Å². The predicted octanol–water partition coefficient (Wildman–Crippen LogP) is 9.83. The molecule has 0 fully saturated rings. The van der Waals surface area contributed by atoms with Gasteiger partial charge in [0.1, 0.15) is 17.4 Å². The zero-order valence-electron chi connectivity index (χ0n) is 24.4. The standard InChI is InChI=1S/C33H33BrCl2N2O4S/c1-33(2,3)21-8-10-24-29(13-21)43-32(30(24)31(39)37-17-23-6-5-11-41-23)38-16-20-12-27(40-4)28(15-25(20)34)42-18-19-7-9-22(35)14-26(19)36/h5-7,9,11-12,14-16,21H,8,10,13,17-18H2,1-4H3,(H,37,39)/t21-/m0/s1. The molecule has 43 heavy (non-hydrogen) atoms. The van der Waals surface area contributed by atoms with Crippen molar-refractivity contribution in [1.82, 2.24) is 5.32 Å². The molecule has 0 bridgehead atoms. The number of rotatable bonds is 9. The highest BCUT2D eigenvalue weighted by Gasteiger charge is 2.33. The maximum Gasteiger partial charge on any atom is 0.255 e. The summed E-state index contributed by atoms with van der Waals surface area (Å²) in [5, 5.41) is 4.82. The van der Waals surface area contributed by atoms with E-state index < -0.39 is 0 Å². The SMILES string of the molecule is COc1cc(C=Nc2sc3c(c2C(=O)NCc2ccco2)CC[C@H](C(C)(C)C)C3)c(Br)cc1OCc1ccc(Cl)cc1Cl. The summed E-state index contributed by atoms with van der Waals surface area (Å²) in [6, 6.07) is 12.6. The molecular weight excluding hydrogens is 671 g/mol. The maximum absolute atomic E-state index is 13.5. The zero-order chi connectivity index (χ0) is 30.7. The minimum absolute atomic E-state index is 0.142. The van der Waals surface area contributed by atoms with Gasteiger partial charge in [-0.25, -0.2) is 4.99 Å². The number of aliphatic imine (C=N–C) groups is 1. The Morgan fingerprint density at radius 3 is 2.72 bits per heavy atom. The quantitative estimate of drug-likeness (QED) is 0.176. The van der Waals surface area contributed by atoms with E-state index in [0.717, 1.165) is 40.4 Å². The number of carbonyl (C=O) groups excluding carboxylic acids is 1. The van der Waals surface area contributed by atoms with Crippen molar-refractivity contribution in [1.29, 1.82) is 0 Å². The smallest absolute Gasteiger partial charge is 0.255 e. The van der Waals surface area contributed by atoms with Crippen molar-refractivity contribution in [3.8, 4) is 11.5 Å². The van der Waals surface area contributed by atoms with E-state index in [9.17, 15) is 4.79 Å². The molecule has 1 N–H and O–H groups in total. The van der Waals surface area contributed by atoms with Crippen LogP contribution in [0.2, 0.25) is 10.0 Å². The van der Waals surface area contributed by atoms with Crippen molar-refractivity contribution in [2.75, 3.05) is 7.11 Å². The average Bonchev–Trinajstić information content (AvgIpc) is 3.62. The van der Waals surface area contributed by atoms with E-state index >= 15 is 0 Å². The minimum atomic E-state index is -0.142. The molecule has 1 aliphatic rings. The van der Waals surface area contributed by atoms with Gasteiger partial charge in [-0.15, -0.1) is 11.3 Å². The number of thiophene rings is 1. The Hall–Kier alpha value is -2.78. The van der Waals surface area contributed by atoms with Crippen LogP contribution >= 0.6 is 50.5 Å². The van der Waals surface area contributed by atoms with E-state index in [1.165, 1.54) is 4.88 Å². The Kier molecular flexibility index (Phi) is 9.91. The lowest BCUT2D eigenvalue weighted by atomic mass is 9.72. The first-order valence-electron chi connectivity index (χ1n) is 14.0. The summed E-state index contributed by atoms with van der Waals surface area (Å²) >= 11 is 17.6. The molecule has 1 atom stereocenters. The van der Waals surface area contributed by atoms with Gasteiger partial charge in [-0.3, -0.25) is 4.79 Å². The van der Waals surface area contributed by atoms with Crippen molar-refractivity contribution in [3.05, 3.63) is 96.1 Å². The number of nitrogens with zero attached hydrogens (tertiary/aromatic N) is 1. The average molecular weight is 705 g/mol. The largest absolute Gasteiger partial charge is 0.493 e. The molecule has 5 rings (SSSR count). The molecule has 1 amide bonds. The topological polar surface area (TPSA) is 73.1 Å². The first-order chi connectivity index (χ1) is 20.5. The second kappa shape index (κ2) is 13.5. The third kappa shape index (κ3) is 7.48. The molecule has 0 spiro atoms. The molecule has 6 nitrogen and oxygen atoms in total. The number of halogens is 3. The highest BCUT2D eigenvalue weighted by molar-refractivity contribution is 9.10. The Labute approximate surface area is 274 Å². The van der Waals surface area contributed by atoms with E-state index in [-0.39, 0.29) is 17.9 Å². The molecule has 0 radical (unpaired) electrons. The number of hydrogen-bond acceptors (Lipinski definition) is 6. The molecule has 2 aromatic heterocycles. The molecule has 0 aliphatic heterocycles. The monoisotopic (exact) mass is 702 g/mol. The Morgan fingerprint density at radius 2 is 2.02 bits per heavy atom. The lowest BCUT2D eigenvalue weighted by Crippen LogP contribution is -2.28. The Balaban J connectivity index is 1.42. The van der Waals surface area contributed by atoms with E-state index in [1.807, 2.05) is 30.3 Å². The van der Waals surface area contributed by atoms with Crippen LogP contribution in [0.3, 0.4) is 0 Å². The van der Waals surface area contributed by atoms with Crippen LogP contribution in [-0.4, -0.2) is 19.2 Å². The molecule has 0 saturated heterocycles. The van der Waals surface area contributed by atoms with E-state index in [1.54, 1.807) is 43.1 Å². The predicted molar refractivity (Wildman–Crippen MR) is 178 cm³/mol. The van der Waals surface area contributed by atoms with Crippen LogP contribution in [0, 0.1) is 11.3 Å². The summed E-state index contributed by atoms with van der Waals surface area (Å²) in [7, 11) is 1.59. The molecule has 226 valence electrons. The van der Waals surface area contributed by atoms with Gasteiger partial charge in [-0.1, -0.05) is 50.0 Å². The highest BCUT2D eigenvalue weighted by Crippen LogP contribution is 2.45. The molecule has 4 aromatic rings.